The molecule has 1 aromatic rings. The summed E-state index contributed by atoms with van der Waals surface area (Å²) in [5.41, 5.74) is 0.251. The first-order chi connectivity index (χ1) is 8.51. The number of rotatable bonds is 6. The van der Waals surface area contributed by atoms with Gasteiger partial charge in [-0.15, -0.1) is 0 Å². The smallest absolute Gasteiger partial charge is 0.140 e. The van der Waals surface area contributed by atoms with Gasteiger partial charge < -0.3 is 4.79 Å². The van der Waals surface area contributed by atoms with Gasteiger partial charge in [-0.2, -0.15) is 0 Å². The van der Waals surface area contributed by atoms with Crippen LogP contribution in [0.1, 0.15) is 43.2 Å². The SMILES string of the molecule is CCC(=O)C(CCC=O)c1c(F)cc(C)cc1F. The maximum Gasteiger partial charge on any atom is 0.140 e. The molecule has 98 valence electrons. The van der Waals surface area contributed by atoms with E-state index in [-0.39, 0.29) is 30.6 Å². The number of hydrogen-bond acceptors (Lipinski definition) is 2. The highest BCUT2D eigenvalue weighted by Crippen LogP contribution is 2.29. The molecule has 1 aromatic carbocycles. The van der Waals surface area contributed by atoms with E-state index in [1.807, 2.05) is 0 Å². The van der Waals surface area contributed by atoms with E-state index in [1.54, 1.807) is 13.8 Å². The highest BCUT2D eigenvalue weighted by Gasteiger charge is 2.25. The molecule has 0 N–H and O–H groups in total. The summed E-state index contributed by atoms with van der Waals surface area (Å²) in [7, 11) is 0. The van der Waals surface area contributed by atoms with E-state index in [2.05, 4.69) is 0 Å². The summed E-state index contributed by atoms with van der Waals surface area (Å²) in [5.74, 6) is -2.56. The predicted octanol–water partition coefficient (Wildman–Crippen LogP) is 3.32. The first-order valence-corrected chi connectivity index (χ1v) is 5.93. The summed E-state index contributed by atoms with van der Waals surface area (Å²) in [5, 5.41) is 0. The van der Waals surface area contributed by atoms with Crippen molar-refractivity contribution in [3.63, 3.8) is 0 Å². The van der Waals surface area contributed by atoms with E-state index in [0.717, 1.165) is 0 Å². The highest BCUT2D eigenvalue weighted by molar-refractivity contribution is 5.85. The van der Waals surface area contributed by atoms with Gasteiger partial charge in [-0.3, -0.25) is 4.79 Å². The van der Waals surface area contributed by atoms with Crippen LogP contribution in [0.15, 0.2) is 12.1 Å². The van der Waals surface area contributed by atoms with E-state index >= 15 is 0 Å². The Morgan fingerprint density at radius 3 is 2.33 bits per heavy atom. The fraction of sp³-hybridized carbons (Fsp3) is 0.429. The summed E-state index contributed by atoms with van der Waals surface area (Å²) < 4.78 is 27.6. The zero-order valence-electron chi connectivity index (χ0n) is 10.5. The number of benzene rings is 1. The van der Waals surface area contributed by atoms with Crippen LogP contribution in [0.5, 0.6) is 0 Å². The van der Waals surface area contributed by atoms with Crippen LogP contribution in [0.25, 0.3) is 0 Å². The Morgan fingerprint density at radius 1 is 1.33 bits per heavy atom. The van der Waals surface area contributed by atoms with E-state index in [1.165, 1.54) is 12.1 Å². The van der Waals surface area contributed by atoms with Gasteiger partial charge in [-0.1, -0.05) is 6.92 Å². The molecule has 18 heavy (non-hydrogen) atoms. The fourth-order valence-electron chi connectivity index (χ4n) is 1.99. The average molecular weight is 254 g/mol. The standard InChI is InChI=1S/C14H16F2O2/c1-3-13(18)10(5-4-6-17)14-11(15)7-9(2)8-12(14)16/h6-8,10H,3-5H2,1-2H3. The molecular formula is C14H16F2O2. The van der Waals surface area contributed by atoms with Crippen molar-refractivity contribution in [2.45, 2.75) is 39.0 Å². The van der Waals surface area contributed by atoms with Crippen molar-refractivity contribution < 1.29 is 18.4 Å². The largest absolute Gasteiger partial charge is 0.303 e. The number of ketones is 1. The van der Waals surface area contributed by atoms with Crippen LogP contribution < -0.4 is 0 Å². The Bertz CT molecular complexity index is 432. The van der Waals surface area contributed by atoms with Crippen LogP contribution in [0.4, 0.5) is 8.78 Å². The third-order valence-corrected chi connectivity index (χ3v) is 2.88. The molecule has 0 bridgehead atoms. The highest BCUT2D eigenvalue weighted by atomic mass is 19.1. The molecule has 0 aromatic heterocycles. The molecule has 2 nitrogen and oxygen atoms in total. The second-order valence-electron chi connectivity index (χ2n) is 4.26. The fourth-order valence-corrected chi connectivity index (χ4v) is 1.99. The van der Waals surface area contributed by atoms with E-state index in [4.69, 9.17) is 0 Å². The monoisotopic (exact) mass is 254 g/mol. The van der Waals surface area contributed by atoms with Gasteiger partial charge in [0.2, 0.25) is 0 Å². The van der Waals surface area contributed by atoms with Gasteiger partial charge in [0.15, 0.2) is 0 Å². The van der Waals surface area contributed by atoms with Crippen LogP contribution in [-0.2, 0) is 9.59 Å². The number of aldehydes is 1. The number of carbonyl (C=O) groups is 2. The van der Waals surface area contributed by atoms with Crippen molar-refractivity contribution in [1.29, 1.82) is 0 Å². The molecule has 0 aliphatic rings. The summed E-state index contributed by atoms with van der Waals surface area (Å²) in [6, 6.07) is 2.41. The summed E-state index contributed by atoms with van der Waals surface area (Å²) in [6.07, 6.45) is 1.10. The quantitative estimate of drug-likeness (QED) is 0.730. The van der Waals surface area contributed by atoms with Gasteiger partial charge in [0.25, 0.3) is 0 Å². The summed E-state index contributed by atoms with van der Waals surface area (Å²) in [6.45, 7) is 3.22. The van der Waals surface area contributed by atoms with Crippen LogP contribution in [0.3, 0.4) is 0 Å². The lowest BCUT2D eigenvalue weighted by Crippen LogP contribution is -2.15. The van der Waals surface area contributed by atoms with Crippen molar-refractivity contribution in [3.8, 4) is 0 Å². The van der Waals surface area contributed by atoms with Gasteiger partial charge >= 0.3 is 0 Å². The third-order valence-electron chi connectivity index (χ3n) is 2.88. The first-order valence-electron chi connectivity index (χ1n) is 5.93. The van der Waals surface area contributed by atoms with Crippen molar-refractivity contribution in [1.82, 2.24) is 0 Å². The molecule has 0 aliphatic carbocycles. The Morgan fingerprint density at radius 2 is 1.89 bits per heavy atom. The zero-order valence-corrected chi connectivity index (χ0v) is 10.5. The zero-order chi connectivity index (χ0) is 13.7. The molecule has 0 aliphatic heterocycles. The number of aryl methyl sites for hydroxylation is 1. The molecule has 4 heteroatoms. The Balaban J connectivity index is 3.19. The second kappa shape index (κ2) is 6.38. The minimum Gasteiger partial charge on any atom is -0.303 e. The molecule has 1 rings (SSSR count). The lowest BCUT2D eigenvalue weighted by Gasteiger charge is -2.16. The minimum absolute atomic E-state index is 0.114. The maximum absolute atomic E-state index is 13.8. The molecule has 0 saturated heterocycles. The lowest BCUT2D eigenvalue weighted by atomic mass is 9.88. The third kappa shape index (κ3) is 3.22. The molecule has 0 heterocycles. The van der Waals surface area contributed by atoms with E-state index in [9.17, 15) is 18.4 Å². The van der Waals surface area contributed by atoms with Gasteiger partial charge in [-0.05, 0) is 31.0 Å². The summed E-state index contributed by atoms with van der Waals surface area (Å²) >= 11 is 0. The molecular weight excluding hydrogens is 238 g/mol. The van der Waals surface area contributed by atoms with Gasteiger partial charge in [0, 0.05) is 24.3 Å². The van der Waals surface area contributed by atoms with Gasteiger partial charge in [-0.25, -0.2) is 8.78 Å². The molecule has 0 radical (unpaired) electrons. The number of carbonyl (C=O) groups excluding carboxylic acids is 2. The van der Waals surface area contributed by atoms with Gasteiger partial charge in [0.1, 0.15) is 23.7 Å². The molecule has 0 fully saturated rings. The first kappa shape index (κ1) is 14.5. The van der Waals surface area contributed by atoms with Crippen LogP contribution in [0.2, 0.25) is 0 Å². The number of Topliss-reactive ketones (excluding diaryl/α,β-unsaturated/α-hetero) is 1. The Hall–Kier alpha value is -1.58. The minimum atomic E-state index is -0.874. The normalized spacial score (nSPS) is 12.2. The molecule has 0 saturated carbocycles. The lowest BCUT2D eigenvalue weighted by molar-refractivity contribution is -0.120. The Kier molecular flexibility index (Phi) is 5.13. The molecule has 0 spiro atoms. The number of halogens is 2. The van der Waals surface area contributed by atoms with Crippen LogP contribution in [0, 0.1) is 18.6 Å². The molecule has 1 unspecified atom stereocenters. The Labute approximate surface area is 105 Å². The van der Waals surface area contributed by atoms with Crippen molar-refractivity contribution in [3.05, 3.63) is 34.9 Å². The van der Waals surface area contributed by atoms with Crippen LogP contribution >= 0.6 is 0 Å². The summed E-state index contributed by atoms with van der Waals surface area (Å²) in [4.78, 5) is 22.1. The maximum atomic E-state index is 13.8. The number of hydrogen-bond donors (Lipinski definition) is 0. The predicted molar refractivity (Wildman–Crippen MR) is 64.4 cm³/mol. The average Bonchev–Trinajstić information content (AvgIpc) is 2.31. The molecule has 0 amide bonds. The van der Waals surface area contributed by atoms with Gasteiger partial charge in [0.05, 0.1) is 0 Å². The van der Waals surface area contributed by atoms with E-state index in [0.29, 0.717) is 11.8 Å². The topological polar surface area (TPSA) is 34.1 Å². The molecule has 1 atom stereocenters. The van der Waals surface area contributed by atoms with E-state index < -0.39 is 17.6 Å². The van der Waals surface area contributed by atoms with Crippen molar-refractivity contribution in [2.24, 2.45) is 0 Å². The van der Waals surface area contributed by atoms with Crippen LogP contribution in [-0.4, -0.2) is 12.1 Å². The van der Waals surface area contributed by atoms with Crippen molar-refractivity contribution >= 4 is 12.1 Å². The van der Waals surface area contributed by atoms with Crippen molar-refractivity contribution in [2.75, 3.05) is 0 Å². The second-order valence-corrected chi connectivity index (χ2v) is 4.26.